The molecule has 17 heavy (non-hydrogen) atoms. The molecule has 0 aromatic heterocycles. The van der Waals surface area contributed by atoms with Crippen molar-refractivity contribution in [1.82, 2.24) is 0 Å². The van der Waals surface area contributed by atoms with Gasteiger partial charge in [0.2, 0.25) is 0 Å². The van der Waals surface area contributed by atoms with E-state index < -0.39 is 0 Å². The fourth-order valence-corrected chi connectivity index (χ4v) is 1.67. The van der Waals surface area contributed by atoms with Crippen LogP contribution in [0.2, 0.25) is 0 Å². The smallest absolute Gasteiger partial charge is 0.137 e. The third kappa shape index (κ3) is 6.03. The highest BCUT2D eigenvalue weighted by Crippen LogP contribution is 2.19. The number of hydrogen-bond donors (Lipinski definition) is 1. The summed E-state index contributed by atoms with van der Waals surface area (Å²) >= 11 is 3.15. The molecule has 4 heteroatoms. The van der Waals surface area contributed by atoms with Crippen molar-refractivity contribution in [1.29, 1.82) is 0 Å². The van der Waals surface area contributed by atoms with Gasteiger partial charge in [0.05, 0.1) is 11.1 Å². The summed E-state index contributed by atoms with van der Waals surface area (Å²) in [5.74, 6) is 0.430. The lowest BCUT2D eigenvalue weighted by Crippen LogP contribution is -2.10. The normalized spacial score (nSPS) is 10.9. The second-order valence-corrected chi connectivity index (χ2v) is 5.20. The summed E-state index contributed by atoms with van der Waals surface area (Å²) in [7, 11) is 0. The van der Waals surface area contributed by atoms with Crippen LogP contribution in [-0.4, -0.2) is 19.8 Å². The molecule has 0 unspecified atom stereocenters. The Morgan fingerprint density at radius 3 is 2.76 bits per heavy atom. The molecule has 0 fully saturated rings. The lowest BCUT2D eigenvalue weighted by Gasteiger charge is -2.09. The molecule has 0 saturated heterocycles. The fourth-order valence-electron chi connectivity index (χ4n) is 1.29. The molecule has 96 valence electrons. The van der Waals surface area contributed by atoms with E-state index in [1.54, 1.807) is 12.1 Å². The average molecular weight is 304 g/mol. The zero-order chi connectivity index (χ0) is 12.7. The molecule has 0 aliphatic heterocycles. The summed E-state index contributed by atoms with van der Waals surface area (Å²) in [4.78, 5) is 0. The fraction of sp³-hybridized carbons (Fsp3) is 0.538. The van der Waals surface area contributed by atoms with Gasteiger partial charge in [0, 0.05) is 18.8 Å². The largest absolute Gasteiger partial charge is 0.383 e. The van der Waals surface area contributed by atoms with Crippen LogP contribution in [0.15, 0.2) is 22.7 Å². The lowest BCUT2D eigenvalue weighted by molar-refractivity contribution is 0.132. The van der Waals surface area contributed by atoms with E-state index in [1.807, 2.05) is 0 Å². The van der Waals surface area contributed by atoms with Gasteiger partial charge >= 0.3 is 0 Å². The van der Waals surface area contributed by atoms with E-state index in [2.05, 4.69) is 35.1 Å². The quantitative estimate of drug-likeness (QED) is 0.767. The first-order chi connectivity index (χ1) is 8.09. The average Bonchev–Trinajstić information content (AvgIpc) is 2.27. The summed E-state index contributed by atoms with van der Waals surface area (Å²) in [6, 6.07) is 4.88. The predicted molar refractivity (Wildman–Crippen MR) is 72.9 cm³/mol. The number of anilines is 1. The number of nitrogens with one attached hydrogen (secondary N) is 1. The maximum absolute atomic E-state index is 13.0. The van der Waals surface area contributed by atoms with Gasteiger partial charge in [0.15, 0.2) is 0 Å². The molecule has 0 aliphatic rings. The molecule has 1 N–H and O–H groups in total. The molecule has 0 radical (unpaired) electrons. The summed E-state index contributed by atoms with van der Waals surface area (Å²) < 4.78 is 18.9. The molecule has 1 aromatic rings. The van der Waals surface area contributed by atoms with Crippen LogP contribution in [0.1, 0.15) is 20.3 Å². The highest BCUT2D eigenvalue weighted by atomic mass is 79.9. The highest BCUT2D eigenvalue weighted by molar-refractivity contribution is 9.10. The molecule has 0 bridgehead atoms. The van der Waals surface area contributed by atoms with E-state index in [0.717, 1.165) is 25.3 Å². The van der Waals surface area contributed by atoms with Crippen LogP contribution in [0.4, 0.5) is 10.1 Å². The van der Waals surface area contributed by atoms with E-state index in [-0.39, 0.29) is 5.82 Å². The van der Waals surface area contributed by atoms with Crippen molar-refractivity contribution in [3.63, 3.8) is 0 Å². The SMILES string of the molecule is CC(C)CCOCCNc1ccc(F)c(Br)c1. The summed E-state index contributed by atoms with van der Waals surface area (Å²) in [6.07, 6.45) is 1.09. The van der Waals surface area contributed by atoms with Gasteiger partial charge in [0.25, 0.3) is 0 Å². The molecule has 1 rings (SSSR count). The van der Waals surface area contributed by atoms with Crippen molar-refractivity contribution >= 4 is 21.6 Å². The molecule has 0 spiro atoms. The molecule has 2 nitrogen and oxygen atoms in total. The molecule has 0 aliphatic carbocycles. The zero-order valence-electron chi connectivity index (χ0n) is 10.3. The van der Waals surface area contributed by atoms with Gasteiger partial charge in [-0.2, -0.15) is 0 Å². The summed E-state index contributed by atoms with van der Waals surface area (Å²) in [5, 5.41) is 3.18. The van der Waals surface area contributed by atoms with E-state index in [0.29, 0.717) is 17.0 Å². The Morgan fingerprint density at radius 2 is 2.12 bits per heavy atom. The predicted octanol–water partition coefficient (Wildman–Crippen LogP) is 4.06. The minimum atomic E-state index is -0.247. The van der Waals surface area contributed by atoms with Gasteiger partial charge < -0.3 is 10.1 Å². The first kappa shape index (κ1) is 14.5. The third-order valence-corrected chi connectivity index (χ3v) is 2.94. The number of halogens is 2. The Kier molecular flexibility index (Phi) is 6.52. The van der Waals surface area contributed by atoms with Crippen LogP contribution in [0.25, 0.3) is 0 Å². The van der Waals surface area contributed by atoms with E-state index >= 15 is 0 Å². The van der Waals surface area contributed by atoms with Crippen molar-refractivity contribution < 1.29 is 9.13 Å². The van der Waals surface area contributed by atoms with Crippen molar-refractivity contribution in [2.75, 3.05) is 25.1 Å². The van der Waals surface area contributed by atoms with Crippen LogP contribution < -0.4 is 5.32 Å². The Hall–Kier alpha value is -0.610. The summed E-state index contributed by atoms with van der Waals surface area (Å²) in [6.45, 7) is 6.56. The van der Waals surface area contributed by atoms with Gasteiger partial charge in [-0.25, -0.2) is 4.39 Å². The van der Waals surface area contributed by atoms with Crippen molar-refractivity contribution in [3.8, 4) is 0 Å². The third-order valence-electron chi connectivity index (χ3n) is 2.33. The maximum atomic E-state index is 13.0. The van der Waals surface area contributed by atoms with Gasteiger partial charge in [-0.1, -0.05) is 13.8 Å². The monoisotopic (exact) mass is 303 g/mol. The standard InChI is InChI=1S/C13H19BrFNO/c1-10(2)5-7-17-8-6-16-11-3-4-13(15)12(14)9-11/h3-4,9-10,16H,5-8H2,1-2H3. The highest BCUT2D eigenvalue weighted by Gasteiger charge is 1.99. The Balaban J connectivity index is 2.16. The lowest BCUT2D eigenvalue weighted by atomic mass is 10.1. The van der Waals surface area contributed by atoms with Crippen LogP contribution in [-0.2, 0) is 4.74 Å². The first-order valence-electron chi connectivity index (χ1n) is 5.86. The van der Waals surface area contributed by atoms with E-state index in [1.165, 1.54) is 6.07 Å². The second kappa shape index (κ2) is 7.67. The molecule has 0 saturated carbocycles. The Labute approximate surface area is 111 Å². The molecule has 0 heterocycles. The topological polar surface area (TPSA) is 21.3 Å². The minimum absolute atomic E-state index is 0.247. The number of hydrogen-bond acceptors (Lipinski definition) is 2. The van der Waals surface area contributed by atoms with Crippen LogP contribution in [0.5, 0.6) is 0 Å². The van der Waals surface area contributed by atoms with Gasteiger partial charge in [-0.3, -0.25) is 0 Å². The Morgan fingerprint density at radius 1 is 1.35 bits per heavy atom. The minimum Gasteiger partial charge on any atom is -0.383 e. The molecule has 0 amide bonds. The van der Waals surface area contributed by atoms with Crippen molar-refractivity contribution in [2.24, 2.45) is 5.92 Å². The van der Waals surface area contributed by atoms with Gasteiger partial charge in [-0.15, -0.1) is 0 Å². The van der Waals surface area contributed by atoms with E-state index in [4.69, 9.17) is 4.74 Å². The molecule has 1 aromatic carbocycles. The van der Waals surface area contributed by atoms with Crippen LogP contribution in [0, 0.1) is 11.7 Å². The zero-order valence-corrected chi connectivity index (χ0v) is 11.9. The van der Waals surface area contributed by atoms with Gasteiger partial charge in [-0.05, 0) is 46.5 Å². The molecular weight excluding hydrogens is 285 g/mol. The summed E-state index contributed by atoms with van der Waals surface area (Å²) in [5.41, 5.74) is 0.894. The van der Waals surface area contributed by atoms with Crippen molar-refractivity contribution in [3.05, 3.63) is 28.5 Å². The Bertz CT molecular complexity index is 344. The second-order valence-electron chi connectivity index (χ2n) is 4.35. The van der Waals surface area contributed by atoms with Crippen molar-refractivity contribution in [2.45, 2.75) is 20.3 Å². The molecular formula is C13H19BrFNO. The number of rotatable bonds is 7. The first-order valence-corrected chi connectivity index (χ1v) is 6.65. The van der Waals surface area contributed by atoms with Gasteiger partial charge in [0.1, 0.15) is 5.82 Å². The van der Waals surface area contributed by atoms with Crippen LogP contribution >= 0.6 is 15.9 Å². The maximum Gasteiger partial charge on any atom is 0.137 e. The number of ether oxygens (including phenoxy) is 1. The number of benzene rings is 1. The van der Waals surface area contributed by atoms with Crippen LogP contribution in [0.3, 0.4) is 0 Å². The van der Waals surface area contributed by atoms with E-state index in [9.17, 15) is 4.39 Å². The molecule has 0 atom stereocenters.